The molecular formula is C16H23N3O3. The first-order chi connectivity index (χ1) is 10.5. The highest BCUT2D eigenvalue weighted by molar-refractivity contribution is 5.83. The number of likely N-dealkylation sites (N-methyl/N-ethyl adjacent to an activating group) is 1. The molecule has 1 aliphatic heterocycles. The minimum absolute atomic E-state index is 0.0286. The van der Waals surface area contributed by atoms with Gasteiger partial charge in [0.1, 0.15) is 5.75 Å². The van der Waals surface area contributed by atoms with Crippen molar-refractivity contribution in [2.45, 2.75) is 12.5 Å². The lowest BCUT2D eigenvalue weighted by Gasteiger charge is -2.18. The van der Waals surface area contributed by atoms with Gasteiger partial charge in [-0.05, 0) is 24.7 Å². The van der Waals surface area contributed by atoms with E-state index < -0.39 is 0 Å². The van der Waals surface area contributed by atoms with Crippen LogP contribution in [0, 0.1) is 5.92 Å². The highest BCUT2D eigenvalue weighted by Crippen LogP contribution is 2.16. The van der Waals surface area contributed by atoms with Gasteiger partial charge in [-0.15, -0.1) is 0 Å². The van der Waals surface area contributed by atoms with Gasteiger partial charge in [0, 0.05) is 20.1 Å². The molecule has 120 valence electrons. The van der Waals surface area contributed by atoms with Crippen LogP contribution in [0.3, 0.4) is 0 Å². The largest absolute Gasteiger partial charge is 0.497 e. The smallest absolute Gasteiger partial charge is 0.226 e. The summed E-state index contributed by atoms with van der Waals surface area (Å²) in [5.41, 5.74) is 0.918. The lowest BCUT2D eigenvalue weighted by molar-refractivity contribution is -0.125. The van der Waals surface area contributed by atoms with Crippen LogP contribution in [0.4, 0.5) is 0 Å². The third-order valence-corrected chi connectivity index (χ3v) is 3.96. The van der Waals surface area contributed by atoms with Crippen molar-refractivity contribution in [1.29, 1.82) is 0 Å². The topological polar surface area (TPSA) is 70.7 Å². The average Bonchev–Trinajstić information content (AvgIpc) is 2.87. The van der Waals surface area contributed by atoms with E-state index in [1.807, 2.05) is 31.3 Å². The summed E-state index contributed by atoms with van der Waals surface area (Å²) >= 11 is 0. The number of carbonyl (C=O) groups is 2. The van der Waals surface area contributed by atoms with Gasteiger partial charge in [0.2, 0.25) is 11.8 Å². The van der Waals surface area contributed by atoms with Crippen molar-refractivity contribution in [2.24, 2.45) is 5.92 Å². The number of likely N-dealkylation sites (tertiary alicyclic amines) is 1. The van der Waals surface area contributed by atoms with Gasteiger partial charge < -0.3 is 20.3 Å². The normalized spacial score (nSPS) is 21.4. The Morgan fingerprint density at radius 1 is 1.27 bits per heavy atom. The van der Waals surface area contributed by atoms with Gasteiger partial charge in [0.15, 0.2) is 0 Å². The number of methoxy groups -OCH3 is 1. The lowest BCUT2D eigenvalue weighted by atomic mass is 10.0. The number of ether oxygens (including phenoxy) is 1. The fourth-order valence-electron chi connectivity index (χ4n) is 2.78. The van der Waals surface area contributed by atoms with Gasteiger partial charge in [0.25, 0.3) is 0 Å². The first-order valence-corrected chi connectivity index (χ1v) is 7.36. The van der Waals surface area contributed by atoms with E-state index in [4.69, 9.17) is 4.74 Å². The average molecular weight is 305 g/mol. The van der Waals surface area contributed by atoms with Crippen LogP contribution in [0.1, 0.15) is 5.56 Å². The van der Waals surface area contributed by atoms with Gasteiger partial charge in [-0.25, -0.2) is 0 Å². The van der Waals surface area contributed by atoms with Gasteiger partial charge in [-0.3, -0.25) is 9.59 Å². The highest BCUT2D eigenvalue weighted by atomic mass is 16.5. The SMILES string of the molecule is CNC(=O)[C@H]1CN(C)C[C@@H]1NC(=O)Cc1ccc(OC)cc1. The summed E-state index contributed by atoms with van der Waals surface area (Å²) < 4.78 is 5.10. The Balaban J connectivity index is 1.93. The molecule has 0 saturated carbocycles. The van der Waals surface area contributed by atoms with Crippen LogP contribution < -0.4 is 15.4 Å². The number of nitrogens with one attached hydrogen (secondary N) is 2. The zero-order valence-corrected chi connectivity index (χ0v) is 13.3. The van der Waals surface area contributed by atoms with Crippen LogP contribution in [0.2, 0.25) is 0 Å². The maximum Gasteiger partial charge on any atom is 0.226 e. The number of hydrogen-bond donors (Lipinski definition) is 2. The van der Waals surface area contributed by atoms with Crippen molar-refractivity contribution < 1.29 is 14.3 Å². The van der Waals surface area contributed by atoms with Crippen molar-refractivity contribution >= 4 is 11.8 Å². The van der Waals surface area contributed by atoms with Gasteiger partial charge in [-0.1, -0.05) is 12.1 Å². The molecule has 1 fully saturated rings. The molecule has 6 heteroatoms. The van der Waals surface area contributed by atoms with Gasteiger partial charge in [0.05, 0.1) is 25.5 Å². The molecule has 2 atom stereocenters. The van der Waals surface area contributed by atoms with Crippen molar-refractivity contribution in [3.63, 3.8) is 0 Å². The Morgan fingerprint density at radius 3 is 2.55 bits per heavy atom. The Hall–Kier alpha value is -2.08. The summed E-state index contributed by atoms with van der Waals surface area (Å²) in [6.07, 6.45) is 0.296. The Labute approximate surface area is 130 Å². The molecule has 6 nitrogen and oxygen atoms in total. The summed E-state index contributed by atoms with van der Waals surface area (Å²) in [6, 6.07) is 7.26. The quantitative estimate of drug-likeness (QED) is 0.805. The highest BCUT2D eigenvalue weighted by Gasteiger charge is 2.36. The Bertz CT molecular complexity index is 530. The van der Waals surface area contributed by atoms with Crippen LogP contribution in [-0.4, -0.2) is 57.1 Å². The van der Waals surface area contributed by atoms with Gasteiger partial charge >= 0.3 is 0 Å². The molecule has 22 heavy (non-hydrogen) atoms. The Kier molecular flexibility index (Phi) is 5.38. The van der Waals surface area contributed by atoms with Crippen LogP contribution in [0.5, 0.6) is 5.75 Å². The van der Waals surface area contributed by atoms with E-state index in [9.17, 15) is 9.59 Å². The van der Waals surface area contributed by atoms with Crippen molar-refractivity contribution in [3.05, 3.63) is 29.8 Å². The third-order valence-electron chi connectivity index (χ3n) is 3.96. The van der Waals surface area contributed by atoms with E-state index in [1.165, 1.54) is 0 Å². The second-order valence-corrected chi connectivity index (χ2v) is 5.64. The first-order valence-electron chi connectivity index (χ1n) is 7.36. The standard InChI is InChI=1S/C16H23N3O3/c1-17-16(21)13-9-19(2)10-14(13)18-15(20)8-11-4-6-12(22-3)7-5-11/h4-7,13-14H,8-10H2,1-3H3,(H,17,21)(H,18,20)/t13-,14-/m0/s1. The number of carbonyl (C=O) groups excluding carboxylic acids is 2. The Morgan fingerprint density at radius 2 is 1.95 bits per heavy atom. The second kappa shape index (κ2) is 7.26. The minimum atomic E-state index is -0.199. The van der Waals surface area contributed by atoms with E-state index in [0.717, 1.165) is 11.3 Å². The zero-order chi connectivity index (χ0) is 16.1. The lowest BCUT2D eigenvalue weighted by Crippen LogP contribution is -2.46. The van der Waals surface area contributed by atoms with E-state index in [1.54, 1.807) is 14.2 Å². The molecule has 0 spiro atoms. The number of benzene rings is 1. The zero-order valence-electron chi connectivity index (χ0n) is 13.3. The third kappa shape index (κ3) is 3.98. The molecule has 2 N–H and O–H groups in total. The number of amides is 2. The molecule has 1 heterocycles. The van der Waals surface area contributed by atoms with E-state index in [2.05, 4.69) is 15.5 Å². The van der Waals surface area contributed by atoms with Crippen molar-refractivity contribution in [3.8, 4) is 5.75 Å². The maximum absolute atomic E-state index is 12.2. The molecule has 0 aromatic heterocycles. The fraction of sp³-hybridized carbons (Fsp3) is 0.500. The molecule has 0 radical (unpaired) electrons. The van der Waals surface area contributed by atoms with E-state index in [-0.39, 0.29) is 23.8 Å². The maximum atomic E-state index is 12.2. The van der Waals surface area contributed by atoms with Crippen LogP contribution in [0.25, 0.3) is 0 Å². The molecular weight excluding hydrogens is 282 g/mol. The predicted molar refractivity (Wildman–Crippen MR) is 83.7 cm³/mol. The minimum Gasteiger partial charge on any atom is -0.497 e. The second-order valence-electron chi connectivity index (χ2n) is 5.64. The molecule has 1 saturated heterocycles. The summed E-state index contributed by atoms with van der Waals surface area (Å²) in [6.45, 7) is 1.35. The van der Waals surface area contributed by atoms with Crippen LogP contribution in [0.15, 0.2) is 24.3 Å². The van der Waals surface area contributed by atoms with Gasteiger partial charge in [-0.2, -0.15) is 0 Å². The monoisotopic (exact) mass is 305 g/mol. The molecule has 2 amide bonds. The molecule has 1 aromatic carbocycles. The number of rotatable bonds is 5. The molecule has 0 unspecified atom stereocenters. The van der Waals surface area contributed by atoms with Crippen molar-refractivity contribution in [2.75, 3.05) is 34.3 Å². The summed E-state index contributed by atoms with van der Waals surface area (Å²) in [5, 5.41) is 5.64. The summed E-state index contributed by atoms with van der Waals surface area (Å²) in [5.74, 6) is 0.467. The molecule has 1 aliphatic rings. The predicted octanol–water partition coefficient (Wildman–Crippen LogP) is 0.0301. The number of hydrogen-bond acceptors (Lipinski definition) is 4. The molecule has 2 rings (SSSR count). The first kappa shape index (κ1) is 16.3. The van der Waals surface area contributed by atoms with Crippen LogP contribution >= 0.6 is 0 Å². The summed E-state index contributed by atoms with van der Waals surface area (Å²) in [4.78, 5) is 26.1. The number of nitrogens with zero attached hydrogens (tertiary/aromatic N) is 1. The van der Waals surface area contributed by atoms with Crippen molar-refractivity contribution in [1.82, 2.24) is 15.5 Å². The van der Waals surface area contributed by atoms with E-state index >= 15 is 0 Å². The molecule has 0 aliphatic carbocycles. The summed E-state index contributed by atoms with van der Waals surface area (Å²) in [7, 11) is 5.18. The molecule has 0 bridgehead atoms. The molecule has 1 aromatic rings. The van der Waals surface area contributed by atoms with Crippen LogP contribution in [-0.2, 0) is 16.0 Å². The van der Waals surface area contributed by atoms with E-state index in [0.29, 0.717) is 19.5 Å². The fourth-order valence-corrected chi connectivity index (χ4v) is 2.78.